The van der Waals surface area contributed by atoms with Crippen LogP contribution in [-0.4, -0.2) is 19.3 Å². The van der Waals surface area contributed by atoms with Crippen molar-refractivity contribution in [1.82, 2.24) is 0 Å². The second-order valence-electron chi connectivity index (χ2n) is 4.33. The summed E-state index contributed by atoms with van der Waals surface area (Å²) in [6, 6.07) is 6.37. The number of rotatable bonds is 5. The van der Waals surface area contributed by atoms with Crippen LogP contribution in [0.1, 0.15) is 25.7 Å². The van der Waals surface area contributed by atoms with Crippen molar-refractivity contribution < 1.29 is 4.74 Å². The topological polar surface area (TPSA) is 21.3 Å². The maximum atomic E-state index is 5.60. The van der Waals surface area contributed by atoms with Gasteiger partial charge in [0, 0.05) is 26.9 Å². The van der Waals surface area contributed by atoms with Gasteiger partial charge in [0.2, 0.25) is 0 Å². The summed E-state index contributed by atoms with van der Waals surface area (Å²) >= 11 is 5.86. The zero-order chi connectivity index (χ0) is 12.1. The van der Waals surface area contributed by atoms with Gasteiger partial charge in [-0.1, -0.05) is 0 Å². The molecule has 0 bridgehead atoms. The lowest BCUT2D eigenvalue weighted by Gasteiger charge is -2.10. The first-order valence-corrected chi connectivity index (χ1v) is 7.93. The zero-order valence-corrected chi connectivity index (χ0v) is 13.5. The standard InChI is InChI=1S/C13H17BrINO/c14-12-9-10(5-6-13(12)15)16-7-1-3-11-4-2-8-17-11/h5-6,9,11,16H,1-4,7-8H2. The average molecular weight is 410 g/mol. The first-order chi connectivity index (χ1) is 8.25. The predicted octanol–water partition coefficient (Wildman–Crippen LogP) is 4.42. The van der Waals surface area contributed by atoms with Crippen LogP contribution < -0.4 is 5.32 Å². The molecular weight excluding hydrogens is 393 g/mol. The molecule has 1 unspecified atom stereocenters. The Kier molecular flexibility index (Phi) is 5.56. The number of anilines is 1. The van der Waals surface area contributed by atoms with E-state index in [1.807, 2.05) is 0 Å². The van der Waals surface area contributed by atoms with Crippen LogP contribution in [0, 0.1) is 3.57 Å². The van der Waals surface area contributed by atoms with Crippen LogP contribution in [0.2, 0.25) is 0 Å². The van der Waals surface area contributed by atoms with E-state index < -0.39 is 0 Å². The van der Waals surface area contributed by atoms with Gasteiger partial charge in [-0.05, 0) is 82.4 Å². The quantitative estimate of drug-likeness (QED) is 0.573. The molecule has 1 atom stereocenters. The monoisotopic (exact) mass is 409 g/mol. The third kappa shape index (κ3) is 4.41. The lowest BCUT2D eigenvalue weighted by molar-refractivity contribution is 0.103. The Morgan fingerprint density at radius 1 is 1.47 bits per heavy atom. The minimum Gasteiger partial charge on any atom is -0.385 e. The second-order valence-corrected chi connectivity index (χ2v) is 6.35. The van der Waals surface area contributed by atoms with E-state index in [1.165, 1.54) is 34.9 Å². The number of hydrogen-bond donors (Lipinski definition) is 1. The van der Waals surface area contributed by atoms with Gasteiger partial charge in [0.1, 0.15) is 0 Å². The minimum absolute atomic E-state index is 0.514. The van der Waals surface area contributed by atoms with Crippen LogP contribution in [0.4, 0.5) is 5.69 Å². The third-order valence-electron chi connectivity index (χ3n) is 2.98. The molecule has 0 aliphatic carbocycles. The average Bonchev–Trinajstić information content (AvgIpc) is 2.82. The molecule has 0 spiro atoms. The summed E-state index contributed by atoms with van der Waals surface area (Å²) < 4.78 is 8.00. The van der Waals surface area contributed by atoms with E-state index in [2.05, 4.69) is 62.0 Å². The lowest BCUT2D eigenvalue weighted by atomic mass is 10.1. The number of nitrogens with one attached hydrogen (secondary N) is 1. The molecule has 2 rings (SSSR count). The molecule has 1 aliphatic rings. The van der Waals surface area contributed by atoms with Crippen LogP contribution in [-0.2, 0) is 4.74 Å². The summed E-state index contributed by atoms with van der Waals surface area (Å²) in [4.78, 5) is 0. The van der Waals surface area contributed by atoms with Crippen molar-refractivity contribution in [2.75, 3.05) is 18.5 Å². The van der Waals surface area contributed by atoms with E-state index in [9.17, 15) is 0 Å². The smallest absolute Gasteiger partial charge is 0.0576 e. The van der Waals surface area contributed by atoms with Crippen LogP contribution >= 0.6 is 38.5 Å². The van der Waals surface area contributed by atoms with E-state index in [-0.39, 0.29) is 0 Å². The molecule has 94 valence electrons. The van der Waals surface area contributed by atoms with E-state index in [0.717, 1.165) is 17.6 Å². The molecule has 0 saturated carbocycles. The lowest BCUT2D eigenvalue weighted by Crippen LogP contribution is -2.09. The van der Waals surface area contributed by atoms with E-state index in [1.54, 1.807) is 0 Å². The highest BCUT2D eigenvalue weighted by molar-refractivity contribution is 14.1. The SMILES string of the molecule is Brc1cc(NCCCC2CCCO2)ccc1I. The van der Waals surface area contributed by atoms with Crippen molar-refractivity contribution in [2.24, 2.45) is 0 Å². The van der Waals surface area contributed by atoms with E-state index in [4.69, 9.17) is 4.74 Å². The van der Waals surface area contributed by atoms with Gasteiger partial charge in [-0.15, -0.1) is 0 Å². The van der Waals surface area contributed by atoms with Gasteiger partial charge in [0.25, 0.3) is 0 Å². The molecule has 1 heterocycles. The maximum absolute atomic E-state index is 5.60. The molecule has 1 aromatic carbocycles. The molecule has 1 N–H and O–H groups in total. The van der Waals surface area contributed by atoms with Crippen molar-refractivity contribution in [3.05, 3.63) is 26.2 Å². The van der Waals surface area contributed by atoms with Gasteiger partial charge >= 0.3 is 0 Å². The first-order valence-electron chi connectivity index (χ1n) is 6.06. The molecule has 0 radical (unpaired) electrons. The van der Waals surface area contributed by atoms with Gasteiger partial charge in [0.15, 0.2) is 0 Å². The van der Waals surface area contributed by atoms with Gasteiger partial charge in [-0.25, -0.2) is 0 Å². The summed E-state index contributed by atoms with van der Waals surface area (Å²) in [6.45, 7) is 1.98. The molecule has 1 saturated heterocycles. The van der Waals surface area contributed by atoms with Crippen LogP contribution in [0.15, 0.2) is 22.7 Å². The molecule has 1 aromatic rings. The zero-order valence-electron chi connectivity index (χ0n) is 9.72. The van der Waals surface area contributed by atoms with Crippen LogP contribution in [0.3, 0.4) is 0 Å². The molecular formula is C13H17BrINO. The van der Waals surface area contributed by atoms with Gasteiger partial charge in [-0.2, -0.15) is 0 Å². The Bertz CT molecular complexity index is 366. The highest BCUT2D eigenvalue weighted by Gasteiger charge is 2.14. The largest absolute Gasteiger partial charge is 0.385 e. The van der Waals surface area contributed by atoms with Crippen molar-refractivity contribution in [2.45, 2.75) is 31.8 Å². The Morgan fingerprint density at radius 3 is 3.06 bits per heavy atom. The summed E-state index contributed by atoms with van der Waals surface area (Å²) in [7, 11) is 0. The summed E-state index contributed by atoms with van der Waals surface area (Å²) in [5, 5.41) is 3.45. The van der Waals surface area contributed by atoms with Crippen molar-refractivity contribution in [3.63, 3.8) is 0 Å². The number of ether oxygens (including phenoxy) is 1. The summed E-state index contributed by atoms with van der Waals surface area (Å²) in [6.07, 6.45) is 5.35. The van der Waals surface area contributed by atoms with Crippen molar-refractivity contribution >= 4 is 44.2 Å². The first kappa shape index (κ1) is 13.6. The second kappa shape index (κ2) is 6.95. The molecule has 0 amide bonds. The van der Waals surface area contributed by atoms with Crippen LogP contribution in [0.25, 0.3) is 0 Å². The Hall–Kier alpha value is 0.190. The fourth-order valence-corrected chi connectivity index (χ4v) is 2.75. The Morgan fingerprint density at radius 2 is 2.35 bits per heavy atom. The van der Waals surface area contributed by atoms with Gasteiger partial charge in [-0.3, -0.25) is 0 Å². The fraction of sp³-hybridized carbons (Fsp3) is 0.538. The number of hydrogen-bond acceptors (Lipinski definition) is 2. The predicted molar refractivity (Wildman–Crippen MR) is 83.6 cm³/mol. The molecule has 4 heteroatoms. The third-order valence-corrected chi connectivity index (χ3v) is 5.31. The van der Waals surface area contributed by atoms with Crippen LogP contribution in [0.5, 0.6) is 0 Å². The molecule has 0 aromatic heterocycles. The fourth-order valence-electron chi connectivity index (χ4n) is 2.04. The number of halogens is 2. The summed E-state index contributed by atoms with van der Waals surface area (Å²) in [5.74, 6) is 0. The Labute approximate surface area is 125 Å². The highest BCUT2D eigenvalue weighted by Crippen LogP contribution is 2.23. The van der Waals surface area contributed by atoms with Crippen molar-refractivity contribution in [1.29, 1.82) is 0 Å². The minimum atomic E-state index is 0.514. The number of benzene rings is 1. The molecule has 1 fully saturated rings. The normalized spacial score (nSPS) is 19.5. The van der Waals surface area contributed by atoms with E-state index in [0.29, 0.717) is 6.10 Å². The molecule has 2 nitrogen and oxygen atoms in total. The molecule has 17 heavy (non-hydrogen) atoms. The summed E-state index contributed by atoms with van der Waals surface area (Å²) in [5.41, 5.74) is 1.18. The molecule has 1 aliphatic heterocycles. The van der Waals surface area contributed by atoms with Crippen molar-refractivity contribution in [3.8, 4) is 0 Å². The Balaban J connectivity index is 1.68. The van der Waals surface area contributed by atoms with Gasteiger partial charge in [0.05, 0.1) is 6.10 Å². The van der Waals surface area contributed by atoms with E-state index >= 15 is 0 Å². The highest BCUT2D eigenvalue weighted by atomic mass is 127. The van der Waals surface area contributed by atoms with Gasteiger partial charge < -0.3 is 10.1 Å². The maximum Gasteiger partial charge on any atom is 0.0576 e.